The molecule has 8 heteroatoms. The number of rotatable bonds is 4. The largest absolute Gasteiger partial charge is 0.348 e. The summed E-state index contributed by atoms with van der Waals surface area (Å²) in [7, 11) is 0. The van der Waals surface area contributed by atoms with Crippen molar-refractivity contribution in [2.24, 2.45) is 0 Å². The molecule has 2 N–H and O–H groups in total. The lowest BCUT2D eigenvalue weighted by Crippen LogP contribution is -2.33. The van der Waals surface area contributed by atoms with Gasteiger partial charge in [-0.15, -0.1) is 0 Å². The van der Waals surface area contributed by atoms with E-state index in [2.05, 4.69) is 35.5 Å². The Labute approximate surface area is 155 Å². The molecule has 2 aliphatic carbocycles. The molecular formula is C19H17N7O. The fraction of sp³-hybridized carbons (Fsp3) is 0.263. The second-order valence-corrected chi connectivity index (χ2v) is 6.88. The smallest absolute Gasteiger partial charge is 0.272 e. The molecule has 1 saturated carbocycles. The molecule has 0 radical (unpaired) electrons. The zero-order valence-electron chi connectivity index (χ0n) is 14.5. The Kier molecular flexibility index (Phi) is 3.56. The maximum Gasteiger partial charge on any atom is 0.272 e. The van der Waals surface area contributed by atoms with Crippen molar-refractivity contribution >= 4 is 12.0 Å². The lowest BCUT2D eigenvalue weighted by atomic mass is 9.73. The Balaban J connectivity index is 1.58. The first-order valence-electron chi connectivity index (χ1n) is 8.86. The van der Waals surface area contributed by atoms with E-state index >= 15 is 0 Å². The van der Waals surface area contributed by atoms with Crippen LogP contribution < -0.4 is 5.32 Å². The lowest BCUT2D eigenvalue weighted by molar-refractivity contribution is 0.0946. The molecular weight excluding hydrogens is 342 g/mol. The van der Waals surface area contributed by atoms with Gasteiger partial charge in [-0.1, -0.05) is 12.2 Å². The standard InChI is InChI=1S/C19H17N7O/c27-18(24-12-1-2-12)17-13-3-6-19(9-14(13)25-26-17,15-4-7-20-10-22-15)16-5-8-21-11-23-16/h3-8,10-12H,1-2,9H2,(H,24,27)(H,25,26). The van der Waals surface area contributed by atoms with Crippen LogP contribution in [0.2, 0.25) is 0 Å². The fourth-order valence-electron chi connectivity index (χ4n) is 3.51. The maximum absolute atomic E-state index is 12.5. The van der Waals surface area contributed by atoms with E-state index < -0.39 is 5.41 Å². The molecule has 3 aromatic rings. The molecule has 134 valence electrons. The van der Waals surface area contributed by atoms with Gasteiger partial charge in [0.25, 0.3) is 5.91 Å². The second-order valence-electron chi connectivity index (χ2n) is 6.88. The van der Waals surface area contributed by atoms with Gasteiger partial charge in [0.05, 0.1) is 16.8 Å². The first-order valence-corrected chi connectivity index (χ1v) is 8.86. The van der Waals surface area contributed by atoms with Gasteiger partial charge < -0.3 is 5.32 Å². The number of hydrogen-bond donors (Lipinski definition) is 2. The molecule has 3 heterocycles. The summed E-state index contributed by atoms with van der Waals surface area (Å²) in [6.45, 7) is 0. The Hall–Kier alpha value is -3.42. The molecule has 0 spiro atoms. The highest BCUT2D eigenvalue weighted by atomic mass is 16.2. The van der Waals surface area contributed by atoms with Crippen molar-refractivity contribution < 1.29 is 4.79 Å². The van der Waals surface area contributed by atoms with Crippen molar-refractivity contribution in [1.29, 1.82) is 0 Å². The van der Waals surface area contributed by atoms with Crippen molar-refractivity contribution in [3.8, 4) is 0 Å². The van der Waals surface area contributed by atoms with Gasteiger partial charge in [-0.2, -0.15) is 5.10 Å². The van der Waals surface area contributed by atoms with Gasteiger partial charge in [-0.05, 0) is 25.0 Å². The zero-order chi connectivity index (χ0) is 18.3. The van der Waals surface area contributed by atoms with Crippen LogP contribution in [0.15, 0.2) is 43.3 Å². The van der Waals surface area contributed by atoms with Gasteiger partial charge in [-0.3, -0.25) is 9.89 Å². The fourth-order valence-corrected chi connectivity index (χ4v) is 3.51. The number of amides is 1. The van der Waals surface area contributed by atoms with Crippen LogP contribution in [0.3, 0.4) is 0 Å². The molecule has 0 aliphatic heterocycles. The number of carbonyl (C=O) groups is 1. The molecule has 27 heavy (non-hydrogen) atoms. The highest BCUT2D eigenvalue weighted by Crippen LogP contribution is 2.39. The summed E-state index contributed by atoms with van der Waals surface area (Å²) in [6.07, 6.45) is 13.1. The predicted octanol–water partition coefficient (Wildman–Crippen LogP) is 1.44. The molecule has 2 aliphatic rings. The molecule has 5 rings (SSSR count). The molecule has 1 amide bonds. The van der Waals surface area contributed by atoms with Crippen molar-refractivity contribution in [2.45, 2.75) is 30.7 Å². The highest BCUT2D eigenvalue weighted by Gasteiger charge is 2.39. The first kappa shape index (κ1) is 15.8. The minimum atomic E-state index is -0.574. The van der Waals surface area contributed by atoms with Crippen LogP contribution in [0.1, 0.15) is 46.0 Å². The average Bonchev–Trinajstić information content (AvgIpc) is 3.44. The number of fused-ring (bicyclic) bond motifs is 1. The molecule has 3 aromatic heterocycles. The summed E-state index contributed by atoms with van der Waals surface area (Å²) in [5, 5.41) is 10.3. The molecule has 1 fully saturated rings. The zero-order valence-corrected chi connectivity index (χ0v) is 14.5. The number of H-pyrrole nitrogens is 1. The number of hydrogen-bond acceptors (Lipinski definition) is 6. The normalized spacial score (nSPS) is 17.3. The van der Waals surface area contributed by atoms with E-state index in [9.17, 15) is 4.79 Å². The molecule has 0 aromatic carbocycles. The lowest BCUT2D eigenvalue weighted by Gasteiger charge is -2.31. The summed E-state index contributed by atoms with van der Waals surface area (Å²) in [5.74, 6) is -0.128. The van der Waals surface area contributed by atoms with E-state index in [1.165, 1.54) is 12.7 Å². The van der Waals surface area contributed by atoms with Crippen LogP contribution in [0.25, 0.3) is 6.08 Å². The monoisotopic (exact) mass is 359 g/mol. The van der Waals surface area contributed by atoms with Crippen LogP contribution in [-0.2, 0) is 11.8 Å². The second kappa shape index (κ2) is 6.08. The summed E-state index contributed by atoms with van der Waals surface area (Å²) in [6, 6.07) is 4.06. The minimum absolute atomic E-state index is 0.128. The summed E-state index contributed by atoms with van der Waals surface area (Å²) < 4.78 is 0. The maximum atomic E-state index is 12.5. The molecule has 0 saturated heterocycles. The molecule has 8 nitrogen and oxygen atoms in total. The predicted molar refractivity (Wildman–Crippen MR) is 96.7 cm³/mol. The molecule has 0 bridgehead atoms. The van der Waals surface area contributed by atoms with Gasteiger partial charge in [0.1, 0.15) is 12.7 Å². The van der Waals surface area contributed by atoms with Crippen molar-refractivity contribution in [1.82, 2.24) is 35.5 Å². The van der Waals surface area contributed by atoms with Crippen LogP contribution in [0.5, 0.6) is 0 Å². The summed E-state index contributed by atoms with van der Waals surface area (Å²) in [4.78, 5) is 29.5. The quantitative estimate of drug-likeness (QED) is 0.729. The van der Waals surface area contributed by atoms with Crippen LogP contribution in [-0.4, -0.2) is 42.1 Å². The third-order valence-corrected chi connectivity index (χ3v) is 5.08. The number of nitrogens with zero attached hydrogens (tertiary/aromatic N) is 5. The van der Waals surface area contributed by atoms with E-state index in [1.54, 1.807) is 12.4 Å². The third-order valence-electron chi connectivity index (χ3n) is 5.08. The number of nitrogens with one attached hydrogen (secondary N) is 2. The van der Waals surface area contributed by atoms with Gasteiger partial charge in [0.2, 0.25) is 0 Å². The van der Waals surface area contributed by atoms with Gasteiger partial charge >= 0.3 is 0 Å². The van der Waals surface area contributed by atoms with Crippen molar-refractivity contribution in [3.63, 3.8) is 0 Å². The van der Waals surface area contributed by atoms with E-state index in [-0.39, 0.29) is 5.91 Å². The van der Waals surface area contributed by atoms with Crippen LogP contribution in [0.4, 0.5) is 0 Å². The topological polar surface area (TPSA) is 109 Å². The Morgan fingerprint density at radius 1 is 1.11 bits per heavy atom. The highest BCUT2D eigenvalue weighted by molar-refractivity contribution is 5.97. The van der Waals surface area contributed by atoms with E-state index in [1.807, 2.05) is 24.3 Å². The average molecular weight is 359 g/mol. The van der Waals surface area contributed by atoms with Gasteiger partial charge in [0.15, 0.2) is 5.69 Å². The molecule has 0 atom stereocenters. The third kappa shape index (κ3) is 2.69. The Morgan fingerprint density at radius 3 is 2.41 bits per heavy atom. The molecule has 0 unspecified atom stereocenters. The Morgan fingerprint density at radius 2 is 1.81 bits per heavy atom. The van der Waals surface area contributed by atoms with Crippen molar-refractivity contribution in [2.75, 3.05) is 0 Å². The van der Waals surface area contributed by atoms with Crippen molar-refractivity contribution in [3.05, 3.63) is 71.6 Å². The number of aromatic nitrogens is 6. The number of allylic oxidation sites excluding steroid dienone is 1. The van der Waals surface area contributed by atoms with Gasteiger partial charge in [0, 0.05) is 36.1 Å². The first-order chi connectivity index (χ1) is 13.3. The van der Waals surface area contributed by atoms with E-state index in [0.717, 1.165) is 35.5 Å². The van der Waals surface area contributed by atoms with E-state index in [0.29, 0.717) is 18.2 Å². The SMILES string of the molecule is O=C(NC1CC1)c1n[nH]c2c1C=CC(c1ccncn1)(c1ccncn1)C2. The Bertz CT molecular complexity index is 970. The minimum Gasteiger partial charge on any atom is -0.348 e. The van der Waals surface area contributed by atoms with E-state index in [4.69, 9.17) is 0 Å². The number of aromatic amines is 1. The summed E-state index contributed by atoms with van der Waals surface area (Å²) in [5.41, 5.74) is 3.23. The van der Waals surface area contributed by atoms with Crippen LogP contribution in [0, 0.1) is 0 Å². The van der Waals surface area contributed by atoms with Crippen LogP contribution >= 0.6 is 0 Å². The van der Waals surface area contributed by atoms with Gasteiger partial charge in [-0.25, -0.2) is 19.9 Å². The summed E-state index contributed by atoms with van der Waals surface area (Å²) >= 11 is 0. The number of carbonyl (C=O) groups excluding carboxylic acids is 1.